The van der Waals surface area contributed by atoms with Crippen molar-refractivity contribution >= 4 is 26.9 Å². The molecule has 0 aromatic heterocycles. The zero-order valence-electron chi connectivity index (χ0n) is 3.23. The fourth-order valence-corrected chi connectivity index (χ4v) is 0. The van der Waals surface area contributed by atoms with Crippen molar-refractivity contribution < 1.29 is 43.3 Å². The largest absolute Gasteiger partial charge is 2.00 e. The summed E-state index contributed by atoms with van der Waals surface area (Å²) in [5.74, 6) is 0. The normalized spacial score (nSPS) is 8.29. The fraction of sp³-hybridized carbons (Fsp3) is 0. The van der Waals surface area contributed by atoms with Crippen molar-refractivity contribution in [3.05, 3.63) is 0 Å². The van der Waals surface area contributed by atoms with E-state index < -0.39 is 13.4 Å². The molecule has 0 aromatic carbocycles. The molecule has 7 heavy (non-hydrogen) atoms. The van der Waals surface area contributed by atoms with Gasteiger partial charge in [-0.1, -0.05) is 0 Å². The van der Waals surface area contributed by atoms with Crippen molar-refractivity contribution in [1.82, 2.24) is 0 Å². The summed E-state index contributed by atoms with van der Waals surface area (Å²) >= 11 is -5.25. The summed E-state index contributed by atoms with van der Waals surface area (Å²) in [6, 6.07) is 0. The third kappa shape index (κ3) is 120. The average molecular weight is 289 g/mol. The molecule has 0 saturated carbocycles. The first kappa shape index (κ1) is 15.7. The minimum absolute atomic E-state index is 0. The summed E-state index contributed by atoms with van der Waals surface area (Å²) < 4.78 is 31.9. The molecule has 0 aliphatic heterocycles. The molecule has 0 aromatic rings. The molecule has 0 spiro atoms. The van der Waals surface area contributed by atoms with Gasteiger partial charge in [0, 0.05) is 0 Å². The van der Waals surface area contributed by atoms with E-state index in [2.05, 4.69) is 0 Å². The Balaban J connectivity index is -0.0000000800. The van der Waals surface area contributed by atoms with Crippen LogP contribution in [0, 0.1) is 0 Å². The van der Waals surface area contributed by atoms with Gasteiger partial charge in [0.15, 0.2) is 0 Å². The van der Waals surface area contributed by atoms with Crippen LogP contribution in [0.3, 0.4) is 0 Å². The molecule has 0 saturated heterocycles. The van der Waals surface area contributed by atoms with E-state index in [9.17, 15) is 0 Å². The maximum Gasteiger partial charge on any atom is 2.00 e. The second kappa shape index (κ2) is 5.45. The first-order chi connectivity index (χ1) is 2.00. The second-order valence-electron chi connectivity index (χ2n) is 0.448. The van der Waals surface area contributed by atoms with Crippen LogP contribution in [0.1, 0.15) is 0 Å². The molecule has 0 atom stereocenters. The Morgan fingerprint density at radius 2 is 1.14 bits per heavy atom. The molecule has 40 valence electrons. The third-order valence-electron chi connectivity index (χ3n) is 0. The van der Waals surface area contributed by atoms with Gasteiger partial charge in [0.25, 0.3) is 0 Å². The van der Waals surface area contributed by atoms with Crippen LogP contribution in [-0.4, -0.2) is 21.7 Å². The summed E-state index contributed by atoms with van der Waals surface area (Å²) in [5, 5.41) is 0. The Labute approximate surface area is 69.8 Å². The first-order valence-corrected chi connectivity index (χ1v) is 3.63. The van der Waals surface area contributed by atoms with Crippen molar-refractivity contribution in [2.24, 2.45) is 0 Å². The molecule has 0 aliphatic carbocycles. The number of rotatable bonds is 0. The van der Waals surface area contributed by atoms with E-state index in [-0.39, 0.29) is 40.8 Å². The van der Waals surface area contributed by atoms with Crippen LogP contribution in [0.15, 0.2) is 0 Å². The molecule has 0 rings (SSSR count). The van der Waals surface area contributed by atoms with Crippen LogP contribution in [0.25, 0.3) is 0 Å². The van der Waals surface area contributed by atoms with E-state index in [1.54, 1.807) is 0 Å². The molecule has 4 nitrogen and oxygen atoms in total. The summed E-state index contributed by atoms with van der Waals surface area (Å²) in [6.45, 7) is 0. The topological polar surface area (TPSA) is 74.6 Å². The molecule has 0 fully saturated rings. The van der Waals surface area contributed by atoms with Crippen LogP contribution in [0.5, 0.6) is 0 Å². The van der Waals surface area contributed by atoms with Gasteiger partial charge in [-0.05, 0) is 0 Å². The van der Waals surface area contributed by atoms with E-state index in [1.807, 2.05) is 0 Å². The van der Waals surface area contributed by atoms with Gasteiger partial charge in [0.05, 0.1) is 0 Å². The van der Waals surface area contributed by atoms with Crippen LogP contribution in [0.2, 0.25) is 0 Å². The van der Waals surface area contributed by atoms with Crippen molar-refractivity contribution in [2.45, 2.75) is 0 Å². The van der Waals surface area contributed by atoms with Crippen LogP contribution in [0.4, 0.5) is 0 Å². The molecule has 0 aliphatic rings. The van der Waals surface area contributed by atoms with Crippen LogP contribution < -0.4 is 0 Å². The van der Waals surface area contributed by atoms with Crippen molar-refractivity contribution in [2.75, 3.05) is 0 Å². The average Bonchev–Trinajstić information content (AvgIpc) is 0.722. The van der Waals surface area contributed by atoms with Crippen LogP contribution >= 0.6 is 0 Å². The van der Waals surface area contributed by atoms with Gasteiger partial charge < -0.3 is 13.5 Å². The Hall–Kier alpha value is 1.31. The number of hydrogen-bond donors (Lipinski definition) is 2. The van der Waals surface area contributed by atoms with E-state index in [1.165, 1.54) is 0 Å². The smallest absolute Gasteiger partial charge is 2.00 e. The van der Waals surface area contributed by atoms with Gasteiger partial charge in [-0.15, -0.1) is 0 Å². The molecule has 0 bridgehead atoms. The Kier molecular flexibility index (Phi) is 12.3. The maximum atomic E-state index is 8.82. The minimum Gasteiger partial charge on any atom is -2.00 e. The monoisotopic (exact) mass is 292 g/mol. The van der Waals surface area contributed by atoms with Gasteiger partial charge in [-0.3, -0.25) is 0 Å². The molecular weight excluding hydrogens is 287 g/mol. The fourth-order valence-electron chi connectivity index (χ4n) is 0. The standard InChI is InChI=1S/Cd.H2O4Se.S/c;1-5(2,3)4;/h;(H2,1,2,3,4);/q+2;;-2. The molecule has 0 amide bonds. The molecule has 2 N–H and O–H groups in total. The third-order valence-corrected chi connectivity index (χ3v) is 0. The first-order valence-electron chi connectivity index (χ1n) is 0.698. The quantitative estimate of drug-likeness (QED) is 0.519. The maximum absolute atomic E-state index is 8.82. The summed E-state index contributed by atoms with van der Waals surface area (Å²) in [4.78, 5) is 0. The zero-order chi connectivity index (χ0) is 4.50. The van der Waals surface area contributed by atoms with Gasteiger partial charge in [-0.25, -0.2) is 0 Å². The Bertz CT molecular complexity index is 94.9. The predicted octanol–water partition coefficient (Wildman–Crippen LogP) is -1.74. The Morgan fingerprint density at radius 3 is 1.14 bits per heavy atom. The summed E-state index contributed by atoms with van der Waals surface area (Å²) in [6.07, 6.45) is 0. The van der Waals surface area contributed by atoms with Crippen LogP contribution in [-0.2, 0) is 48.5 Å². The second-order valence-corrected chi connectivity index (χ2v) is 2.33. The van der Waals surface area contributed by atoms with Gasteiger partial charge in [0.1, 0.15) is 0 Å². The van der Waals surface area contributed by atoms with E-state index in [0.717, 1.165) is 0 Å². The molecule has 0 heterocycles. The molecule has 0 unspecified atom stereocenters. The minimum atomic E-state index is -5.25. The Morgan fingerprint density at radius 1 is 1.14 bits per heavy atom. The van der Waals surface area contributed by atoms with Crippen molar-refractivity contribution in [1.29, 1.82) is 0 Å². The zero-order valence-corrected chi connectivity index (χ0v) is 9.80. The van der Waals surface area contributed by atoms with Gasteiger partial charge in [-0.2, -0.15) is 0 Å². The molecular formula is H2CdO4SSe. The van der Waals surface area contributed by atoms with E-state index in [4.69, 9.17) is 16.0 Å². The van der Waals surface area contributed by atoms with E-state index >= 15 is 0 Å². The van der Waals surface area contributed by atoms with Gasteiger partial charge in [0.2, 0.25) is 0 Å². The summed E-state index contributed by atoms with van der Waals surface area (Å²) in [7, 11) is 0. The van der Waals surface area contributed by atoms with E-state index in [0.29, 0.717) is 0 Å². The predicted molar refractivity (Wildman–Crippen MR) is 18.9 cm³/mol. The van der Waals surface area contributed by atoms with Gasteiger partial charge >= 0.3 is 56.7 Å². The van der Waals surface area contributed by atoms with Crippen molar-refractivity contribution in [3.8, 4) is 0 Å². The summed E-state index contributed by atoms with van der Waals surface area (Å²) in [5.41, 5.74) is 0. The number of hydrogen-bond acceptors (Lipinski definition) is 2. The molecule has 7 heteroatoms. The SMILES string of the molecule is O=[Se](=O)(O)O.[Cd+2].[S-2]. The van der Waals surface area contributed by atoms with Crippen molar-refractivity contribution in [3.63, 3.8) is 0 Å². The molecule has 0 radical (unpaired) electrons.